The van der Waals surface area contributed by atoms with Crippen molar-refractivity contribution in [2.75, 3.05) is 31.6 Å². The van der Waals surface area contributed by atoms with Crippen molar-refractivity contribution in [1.29, 1.82) is 0 Å². The highest BCUT2D eigenvalue weighted by atomic mass is 35.5. The van der Waals surface area contributed by atoms with Gasteiger partial charge in [0, 0.05) is 23.8 Å². The molecule has 2 heterocycles. The van der Waals surface area contributed by atoms with Crippen molar-refractivity contribution < 1.29 is 14.3 Å². The van der Waals surface area contributed by atoms with E-state index in [0.717, 1.165) is 12.0 Å². The lowest BCUT2D eigenvalue weighted by molar-refractivity contribution is -0.141. The first kappa shape index (κ1) is 15.1. The molecular weight excluding hydrogens is 306 g/mol. The standard InChI is InChI=1S/C15H18ClN3O3/c1-10-11(16)3-2-4-12(10)18-14(21)19-6-5-15(9-19)8-17-13(20)7-22-15/h2-4H,5-9H2,1H3,(H,17,20)(H,18,21). The molecule has 3 rings (SSSR count). The van der Waals surface area contributed by atoms with Gasteiger partial charge in [0.05, 0.1) is 6.54 Å². The maximum absolute atomic E-state index is 12.4. The molecule has 2 saturated heterocycles. The third-order valence-electron chi connectivity index (χ3n) is 4.23. The van der Waals surface area contributed by atoms with Crippen molar-refractivity contribution in [3.63, 3.8) is 0 Å². The number of hydrogen-bond acceptors (Lipinski definition) is 3. The van der Waals surface area contributed by atoms with Crippen LogP contribution < -0.4 is 10.6 Å². The summed E-state index contributed by atoms with van der Waals surface area (Å²) < 4.78 is 5.66. The lowest BCUT2D eigenvalue weighted by atomic mass is 10.0. The number of likely N-dealkylation sites (tertiary alicyclic amines) is 1. The van der Waals surface area contributed by atoms with Crippen LogP contribution in [0.1, 0.15) is 12.0 Å². The van der Waals surface area contributed by atoms with Gasteiger partial charge in [0.15, 0.2) is 0 Å². The van der Waals surface area contributed by atoms with Crippen molar-refractivity contribution in [2.24, 2.45) is 0 Å². The van der Waals surface area contributed by atoms with E-state index >= 15 is 0 Å². The third kappa shape index (κ3) is 2.89. The van der Waals surface area contributed by atoms with Crippen molar-refractivity contribution in [1.82, 2.24) is 10.2 Å². The molecule has 118 valence electrons. The van der Waals surface area contributed by atoms with Crippen molar-refractivity contribution in [3.8, 4) is 0 Å². The van der Waals surface area contributed by atoms with Gasteiger partial charge in [-0.05, 0) is 31.0 Å². The van der Waals surface area contributed by atoms with Gasteiger partial charge in [-0.1, -0.05) is 17.7 Å². The average Bonchev–Trinajstić information content (AvgIpc) is 2.92. The topological polar surface area (TPSA) is 70.7 Å². The van der Waals surface area contributed by atoms with E-state index in [4.69, 9.17) is 16.3 Å². The fourth-order valence-corrected chi connectivity index (χ4v) is 2.97. The average molecular weight is 324 g/mol. The first-order valence-corrected chi connectivity index (χ1v) is 7.59. The Hall–Kier alpha value is -1.79. The Kier molecular flexibility index (Phi) is 3.97. The maximum Gasteiger partial charge on any atom is 0.321 e. The molecule has 2 aliphatic heterocycles. The number of amides is 3. The monoisotopic (exact) mass is 323 g/mol. The number of rotatable bonds is 1. The molecule has 0 saturated carbocycles. The van der Waals surface area contributed by atoms with Crippen LogP contribution in [-0.2, 0) is 9.53 Å². The summed E-state index contributed by atoms with van der Waals surface area (Å²) in [6, 6.07) is 5.23. The summed E-state index contributed by atoms with van der Waals surface area (Å²) in [7, 11) is 0. The van der Waals surface area contributed by atoms with Crippen LogP contribution in [0.2, 0.25) is 5.02 Å². The molecule has 22 heavy (non-hydrogen) atoms. The van der Waals surface area contributed by atoms with Gasteiger partial charge in [0.2, 0.25) is 5.91 Å². The van der Waals surface area contributed by atoms with Crippen LogP contribution in [0, 0.1) is 6.92 Å². The van der Waals surface area contributed by atoms with E-state index in [2.05, 4.69) is 10.6 Å². The lowest BCUT2D eigenvalue weighted by Gasteiger charge is -2.33. The summed E-state index contributed by atoms with van der Waals surface area (Å²) >= 11 is 6.06. The quantitative estimate of drug-likeness (QED) is 0.827. The molecule has 1 spiro atoms. The molecule has 1 atom stereocenters. The summed E-state index contributed by atoms with van der Waals surface area (Å²) in [6.07, 6.45) is 0.717. The minimum Gasteiger partial charge on any atom is -0.361 e. The summed E-state index contributed by atoms with van der Waals surface area (Å²) in [4.78, 5) is 25.3. The molecule has 0 aliphatic carbocycles. The van der Waals surface area contributed by atoms with Crippen LogP contribution >= 0.6 is 11.6 Å². The van der Waals surface area contributed by atoms with Crippen molar-refractivity contribution >= 4 is 29.2 Å². The van der Waals surface area contributed by atoms with Crippen molar-refractivity contribution in [2.45, 2.75) is 18.9 Å². The van der Waals surface area contributed by atoms with Gasteiger partial charge in [-0.15, -0.1) is 0 Å². The number of nitrogens with one attached hydrogen (secondary N) is 2. The Morgan fingerprint density at radius 2 is 2.32 bits per heavy atom. The van der Waals surface area contributed by atoms with E-state index in [1.54, 1.807) is 17.0 Å². The van der Waals surface area contributed by atoms with Crippen LogP contribution in [0.5, 0.6) is 0 Å². The van der Waals surface area contributed by atoms with E-state index in [-0.39, 0.29) is 18.5 Å². The van der Waals surface area contributed by atoms with Crippen LogP contribution in [0.15, 0.2) is 18.2 Å². The van der Waals surface area contributed by atoms with Crippen LogP contribution in [0.25, 0.3) is 0 Å². The molecule has 1 aromatic rings. The molecule has 7 heteroatoms. The van der Waals surface area contributed by atoms with E-state index in [9.17, 15) is 9.59 Å². The number of nitrogens with zero attached hydrogens (tertiary/aromatic N) is 1. The van der Waals surface area contributed by atoms with Crippen LogP contribution in [-0.4, -0.2) is 48.7 Å². The fraction of sp³-hybridized carbons (Fsp3) is 0.467. The van der Waals surface area contributed by atoms with E-state index in [0.29, 0.717) is 30.3 Å². The molecular formula is C15H18ClN3O3. The molecule has 2 fully saturated rings. The maximum atomic E-state index is 12.4. The highest BCUT2D eigenvalue weighted by Gasteiger charge is 2.43. The SMILES string of the molecule is Cc1c(Cl)cccc1NC(=O)N1CCC2(CNC(=O)CO2)C1. The summed E-state index contributed by atoms with van der Waals surface area (Å²) in [5.74, 6) is -0.108. The van der Waals surface area contributed by atoms with Crippen LogP contribution in [0.4, 0.5) is 10.5 Å². The highest BCUT2D eigenvalue weighted by molar-refractivity contribution is 6.31. The normalized spacial score (nSPS) is 24.5. The lowest BCUT2D eigenvalue weighted by Crippen LogP contribution is -2.54. The Morgan fingerprint density at radius 3 is 3.05 bits per heavy atom. The molecule has 6 nitrogen and oxygen atoms in total. The molecule has 2 N–H and O–H groups in total. The number of anilines is 1. The molecule has 0 aromatic heterocycles. The Labute approximate surface area is 133 Å². The number of benzene rings is 1. The van der Waals surface area contributed by atoms with Gasteiger partial charge >= 0.3 is 6.03 Å². The number of ether oxygens (including phenoxy) is 1. The second-order valence-electron chi connectivity index (χ2n) is 5.76. The predicted molar refractivity (Wildman–Crippen MR) is 83.1 cm³/mol. The summed E-state index contributed by atoms with van der Waals surface area (Å²) in [6.45, 7) is 3.44. The summed E-state index contributed by atoms with van der Waals surface area (Å²) in [5, 5.41) is 6.30. The predicted octanol–water partition coefficient (Wildman–Crippen LogP) is 1.77. The van der Waals surface area contributed by atoms with Gasteiger partial charge in [-0.3, -0.25) is 4.79 Å². The zero-order chi connectivity index (χ0) is 15.7. The second kappa shape index (κ2) is 5.78. The number of morpholine rings is 1. The van der Waals surface area contributed by atoms with Crippen molar-refractivity contribution in [3.05, 3.63) is 28.8 Å². The molecule has 0 bridgehead atoms. The first-order chi connectivity index (χ1) is 10.5. The van der Waals surface area contributed by atoms with Gasteiger partial charge in [-0.25, -0.2) is 4.79 Å². The molecule has 0 radical (unpaired) electrons. The molecule has 2 aliphatic rings. The number of carbonyl (C=O) groups is 2. The number of urea groups is 1. The third-order valence-corrected chi connectivity index (χ3v) is 4.64. The van der Waals surface area contributed by atoms with Gasteiger partial charge in [0.25, 0.3) is 0 Å². The number of halogens is 1. The minimum absolute atomic E-state index is 0.0584. The Morgan fingerprint density at radius 1 is 1.50 bits per heavy atom. The Bertz CT molecular complexity index is 610. The highest BCUT2D eigenvalue weighted by Crippen LogP contribution is 2.28. The smallest absolute Gasteiger partial charge is 0.321 e. The second-order valence-corrected chi connectivity index (χ2v) is 6.17. The van der Waals surface area contributed by atoms with Gasteiger partial charge < -0.3 is 20.3 Å². The first-order valence-electron chi connectivity index (χ1n) is 7.21. The minimum atomic E-state index is -0.450. The molecule has 1 unspecified atom stereocenters. The van der Waals surface area contributed by atoms with Crippen LogP contribution in [0.3, 0.4) is 0 Å². The fourth-order valence-electron chi connectivity index (χ4n) is 2.80. The summed E-state index contributed by atoms with van der Waals surface area (Å²) in [5.41, 5.74) is 1.10. The van der Waals surface area contributed by atoms with E-state index < -0.39 is 5.60 Å². The van der Waals surface area contributed by atoms with E-state index in [1.165, 1.54) is 0 Å². The Balaban J connectivity index is 1.64. The molecule has 3 amide bonds. The van der Waals surface area contributed by atoms with Gasteiger partial charge in [0.1, 0.15) is 12.2 Å². The van der Waals surface area contributed by atoms with E-state index in [1.807, 2.05) is 13.0 Å². The van der Waals surface area contributed by atoms with Gasteiger partial charge in [-0.2, -0.15) is 0 Å². The molecule has 1 aromatic carbocycles. The largest absolute Gasteiger partial charge is 0.361 e. The zero-order valence-electron chi connectivity index (χ0n) is 12.3. The number of carbonyl (C=O) groups excluding carboxylic acids is 2. The number of hydrogen-bond donors (Lipinski definition) is 2. The zero-order valence-corrected chi connectivity index (χ0v) is 13.1.